The highest BCUT2D eigenvalue weighted by Gasteiger charge is 2.24. The lowest BCUT2D eigenvalue weighted by Gasteiger charge is -2.29. The number of carbonyl (C=O) groups excluding carboxylic acids is 2. The van der Waals surface area contributed by atoms with E-state index in [9.17, 15) is 9.59 Å². The summed E-state index contributed by atoms with van der Waals surface area (Å²) in [6.45, 7) is 3.14. The topological polar surface area (TPSA) is 83.7 Å². The SMILES string of the molecule is O=C(c1ncc(-c2cccc3c(C(=O)N4CCCCC4)cnn23)cn1)N1CCC1. The van der Waals surface area contributed by atoms with E-state index in [1.807, 2.05) is 23.1 Å². The first-order valence-electron chi connectivity index (χ1n) is 10.1. The molecule has 2 aliphatic rings. The fourth-order valence-corrected chi connectivity index (χ4v) is 3.89. The highest BCUT2D eigenvalue weighted by Crippen LogP contribution is 2.23. The van der Waals surface area contributed by atoms with Crippen LogP contribution in [0.3, 0.4) is 0 Å². The lowest BCUT2D eigenvalue weighted by atomic mass is 10.1. The van der Waals surface area contributed by atoms with Crippen molar-refractivity contribution in [1.82, 2.24) is 29.4 Å². The van der Waals surface area contributed by atoms with E-state index in [0.717, 1.165) is 62.2 Å². The van der Waals surface area contributed by atoms with Crippen molar-refractivity contribution >= 4 is 17.3 Å². The number of carbonyl (C=O) groups is 2. The fourth-order valence-electron chi connectivity index (χ4n) is 3.89. The van der Waals surface area contributed by atoms with Crippen molar-refractivity contribution in [2.45, 2.75) is 25.7 Å². The number of likely N-dealkylation sites (tertiary alicyclic amines) is 2. The Labute approximate surface area is 168 Å². The first-order chi connectivity index (χ1) is 14.2. The van der Waals surface area contributed by atoms with Gasteiger partial charge in [0.2, 0.25) is 5.82 Å². The predicted octanol–water partition coefficient (Wildman–Crippen LogP) is 2.26. The second-order valence-electron chi connectivity index (χ2n) is 7.56. The largest absolute Gasteiger partial charge is 0.339 e. The average molecular weight is 390 g/mol. The molecule has 0 N–H and O–H groups in total. The summed E-state index contributed by atoms with van der Waals surface area (Å²) in [6.07, 6.45) is 9.23. The molecule has 5 rings (SSSR count). The number of aromatic nitrogens is 4. The molecule has 0 atom stereocenters. The van der Waals surface area contributed by atoms with Crippen molar-refractivity contribution in [3.8, 4) is 11.3 Å². The molecule has 29 heavy (non-hydrogen) atoms. The molecule has 2 fully saturated rings. The highest BCUT2D eigenvalue weighted by molar-refractivity contribution is 6.01. The second-order valence-corrected chi connectivity index (χ2v) is 7.56. The first-order valence-corrected chi connectivity index (χ1v) is 10.1. The number of piperidine rings is 1. The summed E-state index contributed by atoms with van der Waals surface area (Å²) in [5, 5.41) is 4.46. The maximum Gasteiger partial charge on any atom is 0.291 e. The second kappa shape index (κ2) is 7.27. The van der Waals surface area contributed by atoms with E-state index in [1.54, 1.807) is 28.0 Å². The van der Waals surface area contributed by atoms with Gasteiger partial charge in [-0.1, -0.05) is 6.07 Å². The van der Waals surface area contributed by atoms with Gasteiger partial charge < -0.3 is 9.80 Å². The molecule has 148 valence electrons. The summed E-state index contributed by atoms with van der Waals surface area (Å²) < 4.78 is 1.74. The van der Waals surface area contributed by atoms with Gasteiger partial charge in [-0.2, -0.15) is 5.10 Å². The zero-order valence-corrected chi connectivity index (χ0v) is 16.1. The van der Waals surface area contributed by atoms with Crippen molar-refractivity contribution in [3.05, 3.63) is 48.2 Å². The van der Waals surface area contributed by atoms with Crippen molar-refractivity contribution in [2.24, 2.45) is 0 Å². The van der Waals surface area contributed by atoms with E-state index >= 15 is 0 Å². The van der Waals surface area contributed by atoms with E-state index in [1.165, 1.54) is 6.42 Å². The van der Waals surface area contributed by atoms with Crippen molar-refractivity contribution in [3.63, 3.8) is 0 Å². The van der Waals surface area contributed by atoms with E-state index < -0.39 is 0 Å². The molecule has 0 unspecified atom stereocenters. The Bertz CT molecular complexity index is 1060. The average Bonchev–Trinajstić information content (AvgIpc) is 3.17. The summed E-state index contributed by atoms with van der Waals surface area (Å²) in [5.74, 6) is 0.111. The Kier molecular flexibility index (Phi) is 4.46. The zero-order chi connectivity index (χ0) is 19.8. The number of hydrogen-bond donors (Lipinski definition) is 0. The van der Waals surface area contributed by atoms with Gasteiger partial charge in [-0.3, -0.25) is 9.59 Å². The molecular weight excluding hydrogens is 368 g/mol. The van der Waals surface area contributed by atoms with Gasteiger partial charge >= 0.3 is 0 Å². The highest BCUT2D eigenvalue weighted by atomic mass is 16.2. The van der Waals surface area contributed by atoms with Crippen LogP contribution in [0.2, 0.25) is 0 Å². The molecule has 2 aliphatic heterocycles. The van der Waals surface area contributed by atoms with Crippen molar-refractivity contribution in [1.29, 1.82) is 0 Å². The van der Waals surface area contributed by atoms with Gasteiger partial charge in [0.1, 0.15) is 0 Å². The number of nitrogens with zero attached hydrogens (tertiary/aromatic N) is 6. The molecule has 8 heteroatoms. The molecule has 0 spiro atoms. The summed E-state index contributed by atoms with van der Waals surface area (Å²) in [7, 11) is 0. The van der Waals surface area contributed by atoms with Crippen LogP contribution >= 0.6 is 0 Å². The standard InChI is InChI=1S/C21H22N6O2/c28-20(25-8-2-1-3-9-25)16-14-24-27-17(6-4-7-18(16)27)15-12-22-19(23-13-15)21(29)26-10-5-11-26/h4,6-7,12-14H,1-3,5,8-11H2. The lowest BCUT2D eigenvalue weighted by Crippen LogP contribution is -2.42. The monoisotopic (exact) mass is 390 g/mol. The summed E-state index contributed by atoms with van der Waals surface area (Å²) >= 11 is 0. The summed E-state index contributed by atoms with van der Waals surface area (Å²) in [4.78, 5) is 37.4. The molecule has 5 heterocycles. The van der Waals surface area contributed by atoms with E-state index in [4.69, 9.17) is 0 Å². The lowest BCUT2D eigenvalue weighted by molar-refractivity contribution is 0.0638. The minimum Gasteiger partial charge on any atom is -0.339 e. The number of hydrogen-bond acceptors (Lipinski definition) is 5. The van der Waals surface area contributed by atoms with Gasteiger partial charge in [0.25, 0.3) is 11.8 Å². The molecule has 0 aromatic carbocycles. The minimum atomic E-state index is -0.130. The number of fused-ring (bicyclic) bond motifs is 1. The van der Waals surface area contributed by atoms with Crippen molar-refractivity contribution in [2.75, 3.05) is 26.2 Å². The molecule has 0 radical (unpaired) electrons. The van der Waals surface area contributed by atoms with Crippen LogP contribution in [-0.4, -0.2) is 67.4 Å². The molecule has 3 aromatic heterocycles. The third kappa shape index (κ3) is 3.14. The zero-order valence-electron chi connectivity index (χ0n) is 16.1. The normalized spacial score (nSPS) is 16.7. The van der Waals surface area contributed by atoms with E-state index in [0.29, 0.717) is 5.56 Å². The number of pyridine rings is 1. The fraction of sp³-hybridized carbons (Fsp3) is 0.381. The van der Waals surface area contributed by atoms with Crippen LogP contribution in [0.4, 0.5) is 0 Å². The van der Waals surface area contributed by atoms with Crippen LogP contribution in [0.5, 0.6) is 0 Å². The Morgan fingerprint density at radius 3 is 2.17 bits per heavy atom. The molecule has 8 nitrogen and oxygen atoms in total. The maximum absolute atomic E-state index is 12.9. The third-order valence-electron chi connectivity index (χ3n) is 5.70. The molecule has 2 amide bonds. The molecule has 0 aliphatic carbocycles. The van der Waals surface area contributed by atoms with Gasteiger partial charge in [0, 0.05) is 44.1 Å². The molecule has 2 saturated heterocycles. The molecule has 0 saturated carbocycles. The molecular formula is C21H22N6O2. The van der Waals surface area contributed by atoms with Crippen LogP contribution in [0.25, 0.3) is 16.8 Å². The van der Waals surface area contributed by atoms with Gasteiger partial charge in [0.05, 0.1) is 23.0 Å². The van der Waals surface area contributed by atoms with Gasteiger partial charge in [0.15, 0.2) is 0 Å². The number of amides is 2. The van der Waals surface area contributed by atoms with Gasteiger partial charge in [-0.15, -0.1) is 0 Å². The van der Waals surface area contributed by atoms with Gasteiger partial charge in [-0.25, -0.2) is 14.5 Å². The van der Waals surface area contributed by atoms with E-state index in [2.05, 4.69) is 15.1 Å². The van der Waals surface area contributed by atoms with Crippen LogP contribution in [0, 0.1) is 0 Å². The quantitative estimate of drug-likeness (QED) is 0.685. The Morgan fingerprint density at radius 1 is 0.793 bits per heavy atom. The van der Waals surface area contributed by atoms with Crippen LogP contribution < -0.4 is 0 Å². The predicted molar refractivity (Wildman–Crippen MR) is 106 cm³/mol. The molecule has 3 aromatic rings. The Morgan fingerprint density at radius 2 is 1.48 bits per heavy atom. The number of rotatable bonds is 3. The Balaban J connectivity index is 1.45. The summed E-state index contributed by atoms with van der Waals surface area (Å²) in [5.41, 5.74) is 2.90. The van der Waals surface area contributed by atoms with Crippen LogP contribution in [-0.2, 0) is 0 Å². The van der Waals surface area contributed by atoms with E-state index in [-0.39, 0.29) is 17.6 Å². The van der Waals surface area contributed by atoms with Gasteiger partial charge in [-0.05, 0) is 37.8 Å². The third-order valence-corrected chi connectivity index (χ3v) is 5.70. The maximum atomic E-state index is 12.9. The smallest absolute Gasteiger partial charge is 0.291 e. The first kappa shape index (κ1) is 17.8. The van der Waals surface area contributed by atoms with Crippen molar-refractivity contribution < 1.29 is 9.59 Å². The molecule has 0 bridgehead atoms. The summed E-state index contributed by atoms with van der Waals surface area (Å²) in [6, 6.07) is 5.71. The van der Waals surface area contributed by atoms with Crippen LogP contribution in [0.1, 0.15) is 46.7 Å². The minimum absolute atomic E-state index is 0.0311. The Hall–Kier alpha value is -3.29. The van der Waals surface area contributed by atoms with Crippen LogP contribution in [0.15, 0.2) is 36.8 Å².